The van der Waals surface area contributed by atoms with Crippen LogP contribution >= 0.6 is 0 Å². The highest BCUT2D eigenvalue weighted by molar-refractivity contribution is 5.78. The Bertz CT molecular complexity index is 877. The molecule has 7 nitrogen and oxygen atoms in total. The van der Waals surface area contributed by atoms with Gasteiger partial charge in [0.15, 0.2) is 0 Å². The van der Waals surface area contributed by atoms with Gasteiger partial charge >= 0.3 is 0 Å². The zero-order valence-electron chi connectivity index (χ0n) is 19.3. The van der Waals surface area contributed by atoms with Crippen LogP contribution < -0.4 is 10.6 Å². The molecular formula is C25H36N2O5. The molecule has 0 saturated heterocycles. The van der Waals surface area contributed by atoms with E-state index < -0.39 is 6.10 Å². The number of carbonyl (C=O) groups excluding carboxylic acids is 1. The van der Waals surface area contributed by atoms with Gasteiger partial charge in [-0.2, -0.15) is 0 Å². The normalized spacial score (nSPS) is 13.7. The van der Waals surface area contributed by atoms with Gasteiger partial charge in [-0.15, -0.1) is 0 Å². The lowest BCUT2D eigenvalue weighted by atomic mass is 9.93. The summed E-state index contributed by atoms with van der Waals surface area (Å²) in [6, 6.07) is 11.6. The van der Waals surface area contributed by atoms with E-state index in [1.807, 2.05) is 52.0 Å². The number of rotatable bonds is 11. The van der Waals surface area contributed by atoms with Crippen molar-refractivity contribution in [1.82, 2.24) is 10.6 Å². The second-order valence-corrected chi connectivity index (χ2v) is 9.34. The number of aromatic hydroxyl groups is 2. The Morgan fingerprint density at radius 1 is 1.03 bits per heavy atom. The zero-order chi connectivity index (χ0) is 23.9. The molecule has 0 spiro atoms. The van der Waals surface area contributed by atoms with Crippen molar-refractivity contribution in [2.45, 2.75) is 58.2 Å². The number of hydrogen-bond donors (Lipinski definition) is 6. The van der Waals surface area contributed by atoms with E-state index in [0.717, 1.165) is 11.1 Å². The van der Waals surface area contributed by atoms with Crippen LogP contribution in [-0.4, -0.2) is 51.1 Å². The summed E-state index contributed by atoms with van der Waals surface area (Å²) in [5.41, 5.74) is 2.04. The summed E-state index contributed by atoms with van der Waals surface area (Å²) in [5.74, 6) is -0.165. The lowest BCUT2D eigenvalue weighted by molar-refractivity contribution is -0.121. The molecule has 2 rings (SSSR count). The molecule has 0 saturated carbocycles. The zero-order valence-corrected chi connectivity index (χ0v) is 19.3. The number of aliphatic hydroxyl groups excluding tert-OH is 2. The molecule has 0 aliphatic heterocycles. The maximum absolute atomic E-state index is 12.3. The van der Waals surface area contributed by atoms with Gasteiger partial charge in [0.2, 0.25) is 5.91 Å². The molecule has 0 aliphatic rings. The Hall–Kier alpha value is -2.61. The molecule has 0 aromatic heterocycles. The van der Waals surface area contributed by atoms with Crippen LogP contribution in [0.1, 0.15) is 50.5 Å². The van der Waals surface area contributed by atoms with Gasteiger partial charge in [-0.1, -0.05) is 38.1 Å². The van der Waals surface area contributed by atoms with E-state index in [9.17, 15) is 25.2 Å². The fourth-order valence-electron chi connectivity index (χ4n) is 3.59. The third kappa shape index (κ3) is 8.15. The smallest absolute Gasteiger partial charge is 0.224 e. The highest BCUT2D eigenvalue weighted by atomic mass is 16.3. The number of hydrogen-bond acceptors (Lipinski definition) is 6. The largest absolute Gasteiger partial charge is 0.508 e. The summed E-state index contributed by atoms with van der Waals surface area (Å²) in [6.07, 6.45) is 0.0267. The lowest BCUT2D eigenvalue weighted by Gasteiger charge is -2.28. The van der Waals surface area contributed by atoms with Gasteiger partial charge in [0.1, 0.15) is 11.5 Å². The van der Waals surface area contributed by atoms with Crippen LogP contribution in [0.3, 0.4) is 0 Å². The molecule has 0 fully saturated rings. The van der Waals surface area contributed by atoms with E-state index >= 15 is 0 Å². The number of β-amino-alcohol motifs (C(OH)–C–C–N with tert-alkyl or cyclic N) is 1. The van der Waals surface area contributed by atoms with Gasteiger partial charge in [0, 0.05) is 18.2 Å². The summed E-state index contributed by atoms with van der Waals surface area (Å²) in [5, 5.41) is 45.3. The number of amides is 1. The summed E-state index contributed by atoms with van der Waals surface area (Å²) in [7, 11) is 0. The molecule has 0 radical (unpaired) electrons. The number of phenols is 2. The maximum atomic E-state index is 12.3. The summed E-state index contributed by atoms with van der Waals surface area (Å²) >= 11 is 0. The molecule has 1 unspecified atom stereocenters. The number of benzene rings is 2. The molecule has 0 aliphatic carbocycles. The van der Waals surface area contributed by atoms with E-state index in [0.29, 0.717) is 12.0 Å². The van der Waals surface area contributed by atoms with E-state index in [1.54, 1.807) is 0 Å². The minimum absolute atomic E-state index is 0.0859. The second kappa shape index (κ2) is 11.3. The summed E-state index contributed by atoms with van der Waals surface area (Å²) < 4.78 is 0. The monoisotopic (exact) mass is 444 g/mol. The number of aliphatic hydroxyl groups is 2. The fourth-order valence-corrected chi connectivity index (χ4v) is 3.59. The Balaban J connectivity index is 1.95. The van der Waals surface area contributed by atoms with Gasteiger partial charge in [0.25, 0.3) is 0 Å². The molecule has 0 bridgehead atoms. The van der Waals surface area contributed by atoms with Crippen LogP contribution in [0, 0.1) is 5.92 Å². The molecule has 0 heterocycles. The number of phenolic OH excluding ortho intramolecular Hbond substituents is 2. The number of carbonyl (C=O) groups is 1. The first-order valence-corrected chi connectivity index (χ1v) is 10.9. The van der Waals surface area contributed by atoms with Crippen LogP contribution in [0.5, 0.6) is 11.5 Å². The number of nitrogens with one attached hydrogen (secondary N) is 2. The predicted molar refractivity (Wildman–Crippen MR) is 125 cm³/mol. The summed E-state index contributed by atoms with van der Waals surface area (Å²) in [4.78, 5) is 12.3. The highest BCUT2D eigenvalue weighted by Gasteiger charge is 2.21. The van der Waals surface area contributed by atoms with Crippen LogP contribution in [0.15, 0.2) is 42.5 Å². The van der Waals surface area contributed by atoms with Crippen molar-refractivity contribution >= 4 is 5.91 Å². The molecule has 2 aromatic rings. The van der Waals surface area contributed by atoms with E-state index in [4.69, 9.17) is 0 Å². The standard InChI is InChI=1S/C25H36N2O5/c1-16(2)22(15-28)27-24(32)9-17-6-5-7-18(8-17)13-25(3,4)26-14-23(31)19-10-20(29)12-21(30)11-19/h5-8,10-12,16,22-23,26,28-31H,9,13-15H2,1-4H3,(H,27,32)/t22-,23?/m1/s1. The van der Waals surface area contributed by atoms with Crippen LogP contribution in [-0.2, 0) is 17.6 Å². The minimum atomic E-state index is -0.886. The van der Waals surface area contributed by atoms with Gasteiger partial charge in [0.05, 0.1) is 25.2 Å². The van der Waals surface area contributed by atoms with Crippen molar-refractivity contribution in [3.63, 3.8) is 0 Å². The van der Waals surface area contributed by atoms with Crippen molar-refractivity contribution in [1.29, 1.82) is 0 Å². The molecule has 7 heteroatoms. The van der Waals surface area contributed by atoms with Crippen LogP contribution in [0.2, 0.25) is 0 Å². The first-order valence-electron chi connectivity index (χ1n) is 10.9. The SMILES string of the molecule is CC(C)[C@@H](CO)NC(=O)Cc1cccc(CC(C)(C)NCC(O)c2cc(O)cc(O)c2)c1. The average molecular weight is 445 g/mol. The van der Waals surface area contributed by atoms with E-state index in [1.165, 1.54) is 18.2 Å². The van der Waals surface area contributed by atoms with Gasteiger partial charge < -0.3 is 31.1 Å². The quantitative estimate of drug-likeness (QED) is 0.317. The van der Waals surface area contributed by atoms with Crippen LogP contribution in [0.25, 0.3) is 0 Å². The molecular weight excluding hydrogens is 408 g/mol. The Labute approximate surface area is 190 Å². The molecule has 2 atom stereocenters. The van der Waals surface area contributed by atoms with Gasteiger partial charge in [-0.3, -0.25) is 4.79 Å². The topological polar surface area (TPSA) is 122 Å². The predicted octanol–water partition coefficient (Wildman–Crippen LogP) is 2.42. The highest BCUT2D eigenvalue weighted by Crippen LogP contribution is 2.25. The van der Waals surface area contributed by atoms with Crippen molar-refractivity contribution in [3.8, 4) is 11.5 Å². The van der Waals surface area contributed by atoms with Gasteiger partial charge in [-0.05, 0) is 55.0 Å². The Kier molecular flexibility index (Phi) is 9.07. The first kappa shape index (κ1) is 25.6. The minimum Gasteiger partial charge on any atom is -0.508 e. The van der Waals surface area contributed by atoms with Crippen LogP contribution in [0.4, 0.5) is 0 Å². The fraction of sp³-hybridized carbons (Fsp3) is 0.480. The Morgan fingerprint density at radius 2 is 1.66 bits per heavy atom. The van der Waals surface area contributed by atoms with Gasteiger partial charge in [-0.25, -0.2) is 0 Å². The molecule has 176 valence electrons. The molecule has 6 N–H and O–H groups in total. The lowest BCUT2D eigenvalue weighted by Crippen LogP contribution is -2.43. The molecule has 2 aromatic carbocycles. The maximum Gasteiger partial charge on any atom is 0.224 e. The van der Waals surface area contributed by atoms with E-state index in [2.05, 4.69) is 10.6 Å². The second-order valence-electron chi connectivity index (χ2n) is 9.34. The summed E-state index contributed by atoms with van der Waals surface area (Å²) in [6.45, 7) is 8.11. The van der Waals surface area contributed by atoms with Crippen molar-refractivity contribution in [2.75, 3.05) is 13.2 Å². The third-order valence-electron chi connectivity index (χ3n) is 5.43. The molecule has 32 heavy (non-hydrogen) atoms. The van der Waals surface area contributed by atoms with E-state index in [-0.39, 0.29) is 54.5 Å². The van der Waals surface area contributed by atoms with Crippen molar-refractivity contribution in [2.24, 2.45) is 5.92 Å². The van der Waals surface area contributed by atoms with Crippen molar-refractivity contribution in [3.05, 3.63) is 59.2 Å². The first-order chi connectivity index (χ1) is 15.0. The Morgan fingerprint density at radius 3 is 2.25 bits per heavy atom. The van der Waals surface area contributed by atoms with Crippen molar-refractivity contribution < 1.29 is 25.2 Å². The third-order valence-corrected chi connectivity index (χ3v) is 5.43. The average Bonchev–Trinajstić information content (AvgIpc) is 2.69. The molecule has 1 amide bonds.